The van der Waals surface area contributed by atoms with Gasteiger partial charge in [0.2, 0.25) is 0 Å². The summed E-state index contributed by atoms with van der Waals surface area (Å²) in [4.78, 5) is 0. The van der Waals surface area contributed by atoms with Crippen LogP contribution in [0.2, 0.25) is 0 Å². The van der Waals surface area contributed by atoms with Gasteiger partial charge in [-0.15, -0.1) is 82.8 Å². The van der Waals surface area contributed by atoms with Gasteiger partial charge in [0.05, 0.1) is 32.3 Å². The first kappa shape index (κ1) is 23.5. The SMILES string of the molecule is C=C.ClC1C(Cl)C(Cl)C(Cl)C(Cl)C1Cl.N=C(N)NC(=N)N. The van der Waals surface area contributed by atoms with Crippen LogP contribution in [0.15, 0.2) is 13.2 Å². The van der Waals surface area contributed by atoms with E-state index in [1.807, 2.05) is 5.32 Å². The summed E-state index contributed by atoms with van der Waals surface area (Å²) in [6, 6.07) is 0. The van der Waals surface area contributed by atoms with Gasteiger partial charge in [-0.2, -0.15) is 0 Å². The lowest BCUT2D eigenvalue weighted by Gasteiger charge is -2.37. The molecule has 0 spiro atoms. The molecule has 0 heterocycles. The van der Waals surface area contributed by atoms with Gasteiger partial charge in [0, 0.05) is 0 Å². The zero-order valence-electron chi connectivity index (χ0n) is 10.8. The van der Waals surface area contributed by atoms with Gasteiger partial charge < -0.3 is 11.5 Å². The molecule has 0 bridgehead atoms. The Hall–Kier alpha value is 0.220. The van der Waals surface area contributed by atoms with E-state index in [1.165, 1.54) is 0 Å². The summed E-state index contributed by atoms with van der Waals surface area (Å²) in [6.45, 7) is 6.00. The van der Waals surface area contributed by atoms with Crippen LogP contribution in [0.25, 0.3) is 0 Å². The standard InChI is InChI=1S/C6H6Cl6.C2H7N5.C2H4/c7-1-2(8)4(10)6(12)5(11)3(1)9;3-1(4)7-2(5)6;1-2/h1-6H;(H7,3,4,5,6,7);1-2H2. The maximum Gasteiger partial charge on any atom is 0.192 e. The number of alkyl halides is 6. The highest BCUT2D eigenvalue weighted by molar-refractivity contribution is 6.45. The Morgan fingerprint density at radius 3 is 0.857 bits per heavy atom. The summed E-state index contributed by atoms with van der Waals surface area (Å²) in [7, 11) is 0. The lowest BCUT2D eigenvalue weighted by molar-refractivity contribution is 0.544. The van der Waals surface area contributed by atoms with E-state index >= 15 is 0 Å². The molecule has 11 heteroatoms. The average Bonchev–Trinajstić information content (AvgIpc) is 2.42. The van der Waals surface area contributed by atoms with E-state index in [1.54, 1.807) is 0 Å². The Morgan fingerprint density at radius 2 is 0.810 bits per heavy atom. The number of hydrogen-bond donors (Lipinski definition) is 5. The Balaban J connectivity index is 0. The monoisotopic (exact) mass is 417 g/mol. The fraction of sp³-hybridized carbons (Fsp3) is 0.600. The minimum atomic E-state index is -0.437. The minimum absolute atomic E-state index is 0.312. The number of nitrogens with one attached hydrogen (secondary N) is 3. The van der Waals surface area contributed by atoms with Gasteiger partial charge in [0.1, 0.15) is 0 Å². The molecule has 0 unspecified atom stereocenters. The molecule has 0 aromatic rings. The van der Waals surface area contributed by atoms with Crippen molar-refractivity contribution in [2.45, 2.75) is 32.3 Å². The van der Waals surface area contributed by atoms with Crippen LogP contribution in [0.4, 0.5) is 0 Å². The van der Waals surface area contributed by atoms with Crippen molar-refractivity contribution < 1.29 is 0 Å². The number of halogens is 6. The van der Waals surface area contributed by atoms with Crippen LogP contribution in [0, 0.1) is 10.8 Å². The molecule has 1 aliphatic carbocycles. The first-order valence-corrected chi connectivity index (χ1v) is 8.01. The Bertz CT molecular complexity index is 273. The Kier molecular flexibility index (Phi) is 13.1. The largest absolute Gasteiger partial charge is 0.370 e. The van der Waals surface area contributed by atoms with Crippen LogP contribution in [-0.2, 0) is 0 Å². The van der Waals surface area contributed by atoms with Crippen molar-refractivity contribution in [3.8, 4) is 0 Å². The van der Waals surface area contributed by atoms with E-state index in [9.17, 15) is 0 Å². The second-order valence-corrected chi connectivity index (χ2v) is 6.64. The van der Waals surface area contributed by atoms with Crippen molar-refractivity contribution in [1.29, 1.82) is 10.8 Å². The number of nitrogens with two attached hydrogens (primary N) is 2. The highest BCUT2D eigenvalue weighted by Crippen LogP contribution is 2.39. The van der Waals surface area contributed by atoms with Gasteiger partial charge in [-0.3, -0.25) is 16.1 Å². The van der Waals surface area contributed by atoms with Crippen molar-refractivity contribution in [2.24, 2.45) is 11.5 Å². The van der Waals surface area contributed by atoms with Gasteiger partial charge >= 0.3 is 0 Å². The molecule has 5 nitrogen and oxygen atoms in total. The fourth-order valence-corrected chi connectivity index (χ4v) is 3.53. The van der Waals surface area contributed by atoms with E-state index in [0.717, 1.165) is 0 Å². The van der Waals surface area contributed by atoms with Crippen molar-refractivity contribution in [3.63, 3.8) is 0 Å². The van der Waals surface area contributed by atoms with E-state index in [0.29, 0.717) is 0 Å². The summed E-state index contributed by atoms with van der Waals surface area (Å²) < 4.78 is 0. The smallest absolute Gasteiger partial charge is 0.192 e. The number of guanidine groups is 2. The van der Waals surface area contributed by atoms with Crippen molar-refractivity contribution in [1.82, 2.24) is 5.32 Å². The van der Waals surface area contributed by atoms with Crippen LogP contribution >= 0.6 is 69.6 Å². The molecule has 0 saturated heterocycles. The lowest BCUT2D eigenvalue weighted by atomic mass is 9.97. The molecular weight excluding hydrogens is 403 g/mol. The van der Waals surface area contributed by atoms with Crippen LogP contribution in [0.1, 0.15) is 0 Å². The first-order chi connectivity index (χ1) is 9.59. The fourth-order valence-electron chi connectivity index (χ4n) is 1.20. The van der Waals surface area contributed by atoms with Gasteiger partial charge in [-0.05, 0) is 0 Å². The third-order valence-corrected chi connectivity index (χ3v) is 6.13. The third kappa shape index (κ3) is 8.43. The zero-order valence-corrected chi connectivity index (χ0v) is 15.3. The number of hydrogen-bond acceptors (Lipinski definition) is 2. The van der Waals surface area contributed by atoms with Crippen LogP contribution in [0.5, 0.6) is 0 Å². The molecule has 7 N–H and O–H groups in total. The van der Waals surface area contributed by atoms with Crippen LogP contribution in [-0.4, -0.2) is 44.2 Å². The summed E-state index contributed by atoms with van der Waals surface area (Å²) in [5, 5.41) is 12.3. The zero-order chi connectivity index (χ0) is 17.3. The van der Waals surface area contributed by atoms with Gasteiger partial charge in [0.25, 0.3) is 0 Å². The molecule has 0 aromatic carbocycles. The predicted molar refractivity (Wildman–Crippen MR) is 96.1 cm³/mol. The molecule has 1 aliphatic rings. The Morgan fingerprint density at radius 1 is 0.667 bits per heavy atom. The molecule has 0 aliphatic heterocycles. The van der Waals surface area contributed by atoms with Crippen molar-refractivity contribution in [2.75, 3.05) is 0 Å². The maximum absolute atomic E-state index is 6.47. The summed E-state index contributed by atoms with van der Waals surface area (Å²) in [5.41, 5.74) is 9.49. The Labute approximate surface area is 154 Å². The highest BCUT2D eigenvalue weighted by Gasteiger charge is 2.46. The van der Waals surface area contributed by atoms with E-state index < -0.39 is 32.3 Å². The minimum Gasteiger partial charge on any atom is -0.370 e. The normalized spacial score (nSPS) is 34.4. The molecule has 124 valence electrons. The molecule has 0 amide bonds. The van der Waals surface area contributed by atoms with Gasteiger partial charge in [-0.25, -0.2) is 0 Å². The van der Waals surface area contributed by atoms with E-state index in [2.05, 4.69) is 13.2 Å². The summed E-state index contributed by atoms with van der Waals surface area (Å²) >= 11 is 35.3. The maximum atomic E-state index is 6.47. The third-order valence-electron chi connectivity index (χ3n) is 2.09. The molecule has 0 radical (unpaired) electrons. The second-order valence-electron chi connectivity index (χ2n) is 3.62. The van der Waals surface area contributed by atoms with Crippen LogP contribution in [0.3, 0.4) is 0 Å². The quantitative estimate of drug-likeness (QED) is 0.180. The van der Waals surface area contributed by atoms with Crippen molar-refractivity contribution in [3.05, 3.63) is 13.2 Å². The summed E-state index contributed by atoms with van der Waals surface area (Å²) in [6.07, 6.45) is 0. The molecule has 1 rings (SSSR count). The van der Waals surface area contributed by atoms with Gasteiger partial charge in [-0.1, -0.05) is 0 Å². The highest BCUT2D eigenvalue weighted by atomic mass is 35.5. The van der Waals surface area contributed by atoms with E-state index in [-0.39, 0.29) is 11.9 Å². The van der Waals surface area contributed by atoms with Crippen LogP contribution < -0.4 is 16.8 Å². The molecule has 21 heavy (non-hydrogen) atoms. The predicted octanol–water partition coefficient (Wildman–Crippen LogP) is 2.81. The molecular formula is C10H17Cl6N5. The van der Waals surface area contributed by atoms with Crippen molar-refractivity contribution >= 4 is 81.5 Å². The molecule has 1 saturated carbocycles. The molecule has 1 fully saturated rings. The summed E-state index contributed by atoms with van der Waals surface area (Å²) in [5.74, 6) is -0.625. The molecule has 0 atom stereocenters. The number of rotatable bonds is 0. The van der Waals surface area contributed by atoms with E-state index in [4.69, 9.17) is 91.9 Å². The topological polar surface area (TPSA) is 112 Å². The second kappa shape index (κ2) is 11.7. The van der Waals surface area contributed by atoms with Gasteiger partial charge in [0.15, 0.2) is 11.9 Å². The lowest BCUT2D eigenvalue weighted by Crippen LogP contribution is -2.52. The average molecular weight is 420 g/mol. The first-order valence-electron chi connectivity index (χ1n) is 5.39. The molecule has 0 aromatic heterocycles.